The number of nitrogens with zero attached hydrogens (tertiary/aromatic N) is 4. The molecule has 0 aliphatic carbocycles. The Kier molecular flexibility index (Phi) is 8.15. The summed E-state index contributed by atoms with van der Waals surface area (Å²) in [6.45, 7) is 5.09. The van der Waals surface area contributed by atoms with Crippen molar-refractivity contribution in [3.05, 3.63) is 71.3 Å². The maximum absolute atomic E-state index is 13.6. The number of rotatable bonds is 8. The maximum Gasteiger partial charge on any atom is 0.259 e. The number of anilines is 3. The number of hydrogen-bond donors (Lipinski definition) is 3. The van der Waals surface area contributed by atoms with Gasteiger partial charge < -0.3 is 29.9 Å². The van der Waals surface area contributed by atoms with Gasteiger partial charge in [0.1, 0.15) is 23.8 Å². The normalized spacial score (nSPS) is 16.5. The smallest absolute Gasteiger partial charge is 0.259 e. The summed E-state index contributed by atoms with van der Waals surface area (Å²) < 4.78 is 38.3. The topological polar surface area (TPSA) is 108 Å². The fourth-order valence-electron chi connectivity index (χ4n) is 5.25. The van der Waals surface area contributed by atoms with Crippen LogP contribution in [-0.4, -0.2) is 78.5 Å². The predicted octanol–water partition coefficient (Wildman–Crippen LogP) is 4.41. The number of H-pyrrole nitrogens is 1. The quantitative estimate of drug-likeness (QED) is 0.283. The van der Waals surface area contributed by atoms with Gasteiger partial charge in [0, 0.05) is 68.9 Å². The van der Waals surface area contributed by atoms with E-state index in [0.717, 1.165) is 56.5 Å². The first-order valence-corrected chi connectivity index (χ1v) is 14.1. The number of aromatic amines is 1. The number of nitrogens with one attached hydrogen (secondary N) is 3. The van der Waals surface area contributed by atoms with Gasteiger partial charge in [-0.05, 0) is 61.9 Å². The summed E-state index contributed by atoms with van der Waals surface area (Å²) in [7, 11) is 2.12. The third-order valence-electron chi connectivity index (χ3n) is 7.62. The second-order valence-electron chi connectivity index (χ2n) is 10.7. The van der Waals surface area contributed by atoms with Crippen LogP contribution in [0.1, 0.15) is 28.8 Å². The second kappa shape index (κ2) is 12.3. The molecule has 3 N–H and O–H groups in total. The van der Waals surface area contributed by atoms with Gasteiger partial charge in [-0.15, -0.1) is 0 Å². The molecule has 0 spiro atoms. The van der Waals surface area contributed by atoms with Crippen LogP contribution in [0.15, 0.2) is 48.5 Å². The van der Waals surface area contributed by atoms with Crippen LogP contribution < -0.4 is 20.3 Å². The first-order chi connectivity index (χ1) is 20.4. The summed E-state index contributed by atoms with van der Waals surface area (Å²) in [4.78, 5) is 22.7. The highest BCUT2D eigenvalue weighted by molar-refractivity contribution is 6.10. The van der Waals surface area contributed by atoms with E-state index < -0.39 is 11.6 Å². The van der Waals surface area contributed by atoms with Crippen LogP contribution in [0.25, 0.3) is 11.0 Å². The molecule has 2 fully saturated rings. The van der Waals surface area contributed by atoms with E-state index in [1.54, 1.807) is 12.1 Å². The highest BCUT2D eigenvalue weighted by Crippen LogP contribution is 2.29. The standard InChI is InChI=1S/C30H33F2N7O3/c1-38-8-10-39(11-9-38)23-2-3-24(26(17-23)33-22-6-12-41-13-7-22)30(40)35-29-28-25(36-37-29)4-5-27(34-28)42-18-19-14-20(31)16-21(32)15-19/h2-5,14-17,22,33H,6-13,18H2,1H3,(H2,35,36,37,40). The molecule has 1 amide bonds. The molecule has 2 aliphatic rings. The zero-order valence-electron chi connectivity index (χ0n) is 23.3. The van der Waals surface area contributed by atoms with Crippen LogP contribution in [0.3, 0.4) is 0 Å². The molecule has 2 aromatic heterocycles. The molecule has 12 heteroatoms. The monoisotopic (exact) mass is 577 g/mol. The van der Waals surface area contributed by atoms with Crippen molar-refractivity contribution in [3.8, 4) is 5.88 Å². The zero-order chi connectivity index (χ0) is 29.1. The summed E-state index contributed by atoms with van der Waals surface area (Å²) >= 11 is 0. The van der Waals surface area contributed by atoms with Gasteiger partial charge in [-0.1, -0.05) is 0 Å². The van der Waals surface area contributed by atoms with E-state index in [4.69, 9.17) is 9.47 Å². The fourth-order valence-corrected chi connectivity index (χ4v) is 5.25. The molecule has 42 heavy (non-hydrogen) atoms. The third-order valence-corrected chi connectivity index (χ3v) is 7.62. The number of carbonyl (C=O) groups is 1. The summed E-state index contributed by atoms with van der Waals surface area (Å²) in [6.07, 6.45) is 1.72. The molecule has 2 aromatic carbocycles. The molecular weight excluding hydrogens is 544 g/mol. The molecule has 2 saturated heterocycles. The lowest BCUT2D eigenvalue weighted by atomic mass is 10.1. The molecule has 10 nitrogen and oxygen atoms in total. The number of carbonyl (C=O) groups excluding carboxylic acids is 1. The van der Waals surface area contributed by atoms with E-state index in [9.17, 15) is 13.6 Å². The van der Waals surface area contributed by atoms with Gasteiger partial charge in [0.2, 0.25) is 5.88 Å². The average molecular weight is 578 g/mol. The molecule has 0 unspecified atom stereocenters. The zero-order valence-corrected chi connectivity index (χ0v) is 23.3. The first-order valence-electron chi connectivity index (χ1n) is 14.1. The van der Waals surface area contributed by atoms with E-state index >= 15 is 0 Å². The van der Waals surface area contributed by atoms with E-state index in [1.807, 2.05) is 12.1 Å². The Balaban J connectivity index is 1.22. The average Bonchev–Trinajstić information content (AvgIpc) is 3.38. The number of ether oxygens (including phenoxy) is 2. The Morgan fingerprint density at radius 3 is 2.57 bits per heavy atom. The Morgan fingerprint density at radius 1 is 1.05 bits per heavy atom. The van der Waals surface area contributed by atoms with Crippen molar-refractivity contribution in [1.82, 2.24) is 20.1 Å². The number of aromatic nitrogens is 3. The van der Waals surface area contributed by atoms with Gasteiger partial charge in [-0.3, -0.25) is 9.89 Å². The lowest BCUT2D eigenvalue weighted by molar-refractivity contribution is 0.0904. The van der Waals surface area contributed by atoms with E-state index in [1.165, 1.54) is 12.1 Å². The lowest BCUT2D eigenvalue weighted by Gasteiger charge is -2.34. The molecule has 0 bridgehead atoms. The van der Waals surface area contributed by atoms with E-state index in [2.05, 4.69) is 48.7 Å². The highest BCUT2D eigenvalue weighted by atomic mass is 19.1. The molecule has 220 valence electrons. The highest BCUT2D eigenvalue weighted by Gasteiger charge is 2.22. The number of amides is 1. The maximum atomic E-state index is 13.6. The lowest BCUT2D eigenvalue weighted by Crippen LogP contribution is -2.44. The minimum Gasteiger partial charge on any atom is -0.473 e. The molecular formula is C30H33F2N7O3. The number of benzene rings is 2. The molecule has 6 rings (SSSR count). The molecule has 2 aliphatic heterocycles. The molecule has 0 radical (unpaired) electrons. The van der Waals surface area contributed by atoms with Crippen LogP contribution in [0.4, 0.5) is 26.0 Å². The number of pyridine rings is 1. The number of piperazine rings is 1. The van der Waals surface area contributed by atoms with Gasteiger partial charge in [0.25, 0.3) is 5.91 Å². The molecule has 0 atom stereocenters. The van der Waals surface area contributed by atoms with Crippen LogP contribution >= 0.6 is 0 Å². The Hall–Kier alpha value is -4.29. The van der Waals surface area contributed by atoms with Gasteiger partial charge in [0.15, 0.2) is 5.82 Å². The van der Waals surface area contributed by atoms with Crippen molar-refractivity contribution in [1.29, 1.82) is 0 Å². The van der Waals surface area contributed by atoms with E-state index in [0.29, 0.717) is 35.4 Å². The van der Waals surface area contributed by atoms with E-state index in [-0.39, 0.29) is 30.3 Å². The number of halogens is 2. The van der Waals surface area contributed by atoms with Crippen molar-refractivity contribution < 1.29 is 23.0 Å². The number of hydrogen-bond acceptors (Lipinski definition) is 8. The second-order valence-corrected chi connectivity index (χ2v) is 10.7. The van der Waals surface area contributed by atoms with Crippen molar-refractivity contribution in [2.45, 2.75) is 25.5 Å². The Morgan fingerprint density at radius 2 is 1.81 bits per heavy atom. The Bertz CT molecular complexity index is 1550. The van der Waals surface area contributed by atoms with Crippen LogP contribution in [0.5, 0.6) is 5.88 Å². The number of fused-ring (bicyclic) bond motifs is 1. The van der Waals surface area contributed by atoms with Gasteiger partial charge in [-0.25, -0.2) is 13.8 Å². The summed E-state index contributed by atoms with van der Waals surface area (Å²) in [6, 6.07) is 12.6. The van der Waals surface area contributed by atoms with Crippen LogP contribution in [-0.2, 0) is 11.3 Å². The summed E-state index contributed by atoms with van der Waals surface area (Å²) in [5, 5.41) is 13.6. The van der Waals surface area contributed by atoms with Gasteiger partial charge in [0.05, 0.1) is 11.1 Å². The largest absolute Gasteiger partial charge is 0.473 e. The van der Waals surface area contributed by atoms with Crippen molar-refractivity contribution in [2.75, 3.05) is 62.0 Å². The Labute approximate surface area is 242 Å². The van der Waals surface area contributed by atoms with Crippen LogP contribution in [0.2, 0.25) is 0 Å². The van der Waals surface area contributed by atoms with Gasteiger partial charge >= 0.3 is 0 Å². The molecule has 4 heterocycles. The minimum absolute atomic E-state index is 0.0758. The van der Waals surface area contributed by atoms with Gasteiger partial charge in [-0.2, -0.15) is 5.10 Å². The molecule has 4 aromatic rings. The predicted molar refractivity (Wildman–Crippen MR) is 156 cm³/mol. The molecule has 0 saturated carbocycles. The van der Waals surface area contributed by atoms with Crippen molar-refractivity contribution >= 4 is 34.1 Å². The number of likely N-dealkylation sites (N-methyl/N-ethyl adjacent to an activating group) is 1. The van der Waals surface area contributed by atoms with Crippen molar-refractivity contribution in [3.63, 3.8) is 0 Å². The third kappa shape index (κ3) is 6.44. The minimum atomic E-state index is -0.681. The summed E-state index contributed by atoms with van der Waals surface area (Å²) in [5.41, 5.74) is 3.66. The van der Waals surface area contributed by atoms with Crippen LogP contribution in [0, 0.1) is 11.6 Å². The van der Waals surface area contributed by atoms with Crippen molar-refractivity contribution in [2.24, 2.45) is 0 Å². The summed E-state index contributed by atoms with van der Waals surface area (Å²) in [5.74, 6) is -1.22. The fraction of sp³-hybridized carbons (Fsp3) is 0.367. The first kappa shape index (κ1) is 27.9. The SMILES string of the molecule is CN1CCN(c2ccc(C(=O)Nc3n[nH]c4ccc(OCc5cc(F)cc(F)c5)nc34)c(NC3CCOCC3)c2)CC1.